The maximum Gasteiger partial charge on any atom is 0.250 e. The van der Waals surface area contributed by atoms with Crippen LogP contribution in [0.4, 0.5) is 0 Å². The summed E-state index contributed by atoms with van der Waals surface area (Å²) in [5.74, 6) is 1.90. The molecule has 1 aliphatic carbocycles. The minimum Gasteiger partial charge on any atom is -0.272 e. The molecule has 0 unspecified atom stereocenters. The molecule has 1 aromatic rings. The van der Waals surface area contributed by atoms with Crippen molar-refractivity contribution in [2.24, 2.45) is 16.4 Å². The van der Waals surface area contributed by atoms with E-state index in [1.807, 2.05) is 24.3 Å². The molecule has 24 heavy (non-hydrogen) atoms. The Morgan fingerprint density at radius 1 is 1.33 bits per heavy atom. The Labute approximate surface area is 154 Å². The van der Waals surface area contributed by atoms with E-state index in [0.29, 0.717) is 11.2 Å². The molecule has 1 amide bonds. The summed E-state index contributed by atoms with van der Waals surface area (Å²) in [4.78, 5) is 11.9. The SMILES string of the molecule is CC(C)(C)C1CCC(=NNC(=O)CSCc2cccc(Cl)c2)CC1. The molecular formula is C19H27ClN2OS. The molecule has 0 saturated heterocycles. The molecule has 2 rings (SSSR count). The molecule has 3 nitrogen and oxygen atoms in total. The molecule has 0 aromatic heterocycles. The molecule has 0 spiro atoms. The van der Waals surface area contributed by atoms with Crippen LogP contribution < -0.4 is 5.43 Å². The normalized spacial score (nSPS) is 18.3. The van der Waals surface area contributed by atoms with E-state index in [1.54, 1.807) is 11.8 Å². The fraction of sp³-hybridized carbons (Fsp3) is 0.579. The van der Waals surface area contributed by atoms with Crippen molar-refractivity contribution in [2.75, 3.05) is 5.75 Å². The number of hydrogen-bond acceptors (Lipinski definition) is 3. The second-order valence-electron chi connectivity index (χ2n) is 7.48. The van der Waals surface area contributed by atoms with Crippen LogP contribution in [-0.2, 0) is 10.5 Å². The van der Waals surface area contributed by atoms with E-state index in [4.69, 9.17) is 11.6 Å². The van der Waals surface area contributed by atoms with E-state index in [1.165, 1.54) is 12.8 Å². The van der Waals surface area contributed by atoms with Crippen molar-refractivity contribution >= 4 is 35.0 Å². The van der Waals surface area contributed by atoms with Crippen molar-refractivity contribution in [1.29, 1.82) is 0 Å². The van der Waals surface area contributed by atoms with Crippen molar-refractivity contribution in [3.8, 4) is 0 Å². The first kappa shape index (κ1) is 19.3. The van der Waals surface area contributed by atoms with E-state index in [2.05, 4.69) is 31.3 Å². The molecular weight excluding hydrogens is 340 g/mol. The van der Waals surface area contributed by atoms with Gasteiger partial charge in [0, 0.05) is 16.5 Å². The summed E-state index contributed by atoms with van der Waals surface area (Å²) in [6, 6.07) is 7.73. The Morgan fingerprint density at radius 3 is 2.67 bits per heavy atom. The predicted octanol–water partition coefficient (Wildman–Crippen LogP) is 5.28. The summed E-state index contributed by atoms with van der Waals surface area (Å²) in [5, 5.41) is 5.05. The van der Waals surface area contributed by atoms with Crippen LogP contribution in [0.1, 0.15) is 52.0 Å². The van der Waals surface area contributed by atoms with Crippen molar-refractivity contribution in [1.82, 2.24) is 5.43 Å². The average molecular weight is 367 g/mol. The highest BCUT2D eigenvalue weighted by atomic mass is 35.5. The number of carbonyl (C=O) groups is 1. The lowest BCUT2D eigenvalue weighted by Crippen LogP contribution is -2.28. The van der Waals surface area contributed by atoms with Gasteiger partial charge in [0.1, 0.15) is 0 Å². The van der Waals surface area contributed by atoms with Gasteiger partial charge >= 0.3 is 0 Å². The van der Waals surface area contributed by atoms with Gasteiger partial charge < -0.3 is 0 Å². The average Bonchev–Trinajstić information content (AvgIpc) is 2.52. The molecule has 1 aliphatic rings. The van der Waals surface area contributed by atoms with Gasteiger partial charge in [-0.2, -0.15) is 5.10 Å². The fourth-order valence-corrected chi connectivity index (χ4v) is 3.97. The number of benzene rings is 1. The van der Waals surface area contributed by atoms with Gasteiger partial charge in [0.25, 0.3) is 0 Å². The van der Waals surface area contributed by atoms with E-state index in [9.17, 15) is 4.79 Å². The van der Waals surface area contributed by atoms with Crippen LogP contribution in [-0.4, -0.2) is 17.4 Å². The second kappa shape index (κ2) is 8.91. The Kier molecular flexibility index (Phi) is 7.17. The number of halogens is 1. The number of hydrazone groups is 1. The van der Waals surface area contributed by atoms with E-state index in [0.717, 1.165) is 40.8 Å². The molecule has 1 aromatic carbocycles. The zero-order chi connectivity index (χ0) is 17.6. The third kappa shape index (κ3) is 6.48. The molecule has 0 radical (unpaired) electrons. The number of nitrogens with one attached hydrogen (secondary N) is 1. The summed E-state index contributed by atoms with van der Waals surface area (Å²) in [7, 11) is 0. The van der Waals surface area contributed by atoms with Gasteiger partial charge in [-0.25, -0.2) is 5.43 Å². The maximum absolute atomic E-state index is 11.9. The van der Waals surface area contributed by atoms with Gasteiger partial charge in [-0.1, -0.05) is 44.5 Å². The van der Waals surface area contributed by atoms with Crippen LogP contribution in [0.15, 0.2) is 29.4 Å². The minimum atomic E-state index is -0.0347. The standard InChI is InChI=1S/C19H27ClN2OS/c1-19(2,3)15-7-9-17(10-8-15)21-22-18(23)13-24-12-14-5-4-6-16(20)11-14/h4-6,11,15H,7-10,12-13H2,1-3H3,(H,22,23). The third-order valence-corrected chi connectivity index (χ3v) is 5.76. The molecule has 1 fully saturated rings. The number of hydrogen-bond donors (Lipinski definition) is 1. The van der Waals surface area contributed by atoms with Gasteiger partial charge in [0.05, 0.1) is 5.75 Å². The minimum absolute atomic E-state index is 0.0347. The molecule has 1 saturated carbocycles. The van der Waals surface area contributed by atoms with Crippen molar-refractivity contribution in [3.05, 3.63) is 34.9 Å². The quantitative estimate of drug-likeness (QED) is 0.720. The van der Waals surface area contributed by atoms with Crippen LogP contribution in [0.25, 0.3) is 0 Å². The number of nitrogens with zero attached hydrogens (tertiary/aromatic N) is 1. The van der Waals surface area contributed by atoms with Gasteiger partial charge in [-0.15, -0.1) is 11.8 Å². The summed E-state index contributed by atoms with van der Waals surface area (Å²) in [6.45, 7) is 6.91. The number of thioether (sulfide) groups is 1. The summed E-state index contributed by atoms with van der Waals surface area (Å²) >= 11 is 7.53. The summed E-state index contributed by atoms with van der Waals surface area (Å²) < 4.78 is 0. The maximum atomic E-state index is 11.9. The smallest absolute Gasteiger partial charge is 0.250 e. The Morgan fingerprint density at radius 2 is 2.04 bits per heavy atom. The fourth-order valence-electron chi connectivity index (χ4n) is 2.99. The highest BCUT2D eigenvalue weighted by Gasteiger charge is 2.28. The molecule has 0 atom stereocenters. The monoisotopic (exact) mass is 366 g/mol. The van der Waals surface area contributed by atoms with Gasteiger partial charge in [-0.05, 0) is 54.7 Å². The predicted molar refractivity (Wildman–Crippen MR) is 105 cm³/mol. The molecule has 132 valence electrons. The zero-order valence-corrected chi connectivity index (χ0v) is 16.3. The molecule has 0 bridgehead atoms. The zero-order valence-electron chi connectivity index (χ0n) is 14.8. The van der Waals surface area contributed by atoms with E-state index >= 15 is 0 Å². The van der Waals surface area contributed by atoms with Gasteiger partial charge in [-0.3, -0.25) is 4.79 Å². The van der Waals surface area contributed by atoms with Crippen LogP contribution in [0.3, 0.4) is 0 Å². The largest absolute Gasteiger partial charge is 0.272 e. The Hall–Kier alpha value is -1.00. The number of amides is 1. The molecule has 1 N–H and O–H groups in total. The molecule has 5 heteroatoms. The van der Waals surface area contributed by atoms with Gasteiger partial charge in [0.15, 0.2) is 0 Å². The lowest BCUT2D eigenvalue weighted by atomic mass is 9.72. The van der Waals surface area contributed by atoms with Crippen LogP contribution in [0, 0.1) is 11.3 Å². The van der Waals surface area contributed by atoms with Gasteiger partial charge in [0.2, 0.25) is 5.91 Å². The first-order valence-electron chi connectivity index (χ1n) is 8.51. The first-order chi connectivity index (χ1) is 11.3. The number of carbonyl (C=O) groups excluding carboxylic acids is 1. The molecule has 0 heterocycles. The van der Waals surface area contributed by atoms with E-state index < -0.39 is 0 Å². The second-order valence-corrected chi connectivity index (χ2v) is 8.90. The van der Waals surface area contributed by atoms with Crippen LogP contribution in [0.5, 0.6) is 0 Å². The van der Waals surface area contributed by atoms with Crippen molar-refractivity contribution < 1.29 is 4.79 Å². The third-order valence-electron chi connectivity index (χ3n) is 4.52. The summed E-state index contributed by atoms with van der Waals surface area (Å²) in [5.41, 5.74) is 5.33. The lowest BCUT2D eigenvalue weighted by molar-refractivity contribution is -0.118. The van der Waals surface area contributed by atoms with Crippen molar-refractivity contribution in [3.63, 3.8) is 0 Å². The van der Waals surface area contributed by atoms with Crippen LogP contribution in [0.2, 0.25) is 5.02 Å². The van der Waals surface area contributed by atoms with E-state index in [-0.39, 0.29) is 5.91 Å². The highest BCUT2D eigenvalue weighted by molar-refractivity contribution is 7.99. The number of rotatable bonds is 5. The highest BCUT2D eigenvalue weighted by Crippen LogP contribution is 2.36. The Bertz CT molecular complexity index is 585. The van der Waals surface area contributed by atoms with Crippen molar-refractivity contribution in [2.45, 2.75) is 52.2 Å². The topological polar surface area (TPSA) is 41.5 Å². The lowest BCUT2D eigenvalue weighted by Gasteiger charge is -2.34. The van der Waals surface area contributed by atoms with Crippen LogP contribution >= 0.6 is 23.4 Å². The summed E-state index contributed by atoms with van der Waals surface area (Å²) in [6.07, 6.45) is 4.33. The molecule has 0 aliphatic heterocycles. The first-order valence-corrected chi connectivity index (χ1v) is 10.0. The Balaban J connectivity index is 1.68.